The number of carbonyl (C=O) groups is 1. The summed E-state index contributed by atoms with van der Waals surface area (Å²) in [5.41, 5.74) is 10.2. The maximum Gasteiger partial charge on any atom is 0.323 e. The van der Waals surface area contributed by atoms with E-state index >= 15 is 0 Å². The molecule has 3 heterocycles. The number of carbonyl (C=O) groups excluding carboxylic acids is 1. The van der Waals surface area contributed by atoms with Gasteiger partial charge in [0.15, 0.2) is 5.65 Å². The van der Waals surface area contributed by atoms with E-state index < -0.39 is 6.04 Å². The van der Waals surface area contributed by atoms with E-state index in [0.717, 1.165) is 100 Å². The summed E-state index contributed by atoms with van der Waals surface area (Å²) in [6.45, 7) is 16.9. The molecule has 3 aromatic rings. The number of piperazine rings is 1. The zero-order valence-corrected chi connectivity index (χ0v) is 27.3. The molecule has 10 nitrogen and oxygen atoms in total. The third-order valence-electron chi connectivity index (χ3n) is 9.30. The number of nitrogens with one attached hydrogen (secondary N) is 1. The second kappa shape index (κ2) is 14.8. The van der Waals surface area contributed by atoms with Gasteiger partial charge in [0.2, 0.25) is 5.95 Å². The highest BCUT2D eigenvalue weighted by molar-refractivity contribution is 5.91. The van der Waals surface area contributed by atoms with Crippen LogP contribution in [0.15, 0.2) is 30.5 Å². The molecule has 1 saturated carbocycles. The first-order valence-electron chi connectivity index (χ1n) is 16.7. The summed E-state index contributed by atoms with van der Waals surface area (Å²) in [6.07, 6.45) is 7.26. The minimum atomic E-state index is -0.581. The van der Waals surface area contributed by atoms with Gasteiger partial charge in [-0.25, -0.2) is 9.67 Å². The van der Waals surface area contributed by atoms with E-state index in [1.54, 1.807) is 0 Å². The van der Waals surface area contributed by atoms with Gasteiger partial charge < -0.3 is 15.8 Å². The van der Waals surface area contributed by atoms with Gasteiger partial charge in [-0.1, -0.05) is 51.5 Å². The predicted octanol–water partition coefficient (Wildman–Crippen LogP) is 5.24. The smallest absolute Gasteiger partial charge is 0.323 e. The van der Waals surface area contributed by atoms with Crippen molar-refractivity contribution in [3.05, 3.63) is 36.0 Å². The molecule has 3 N–H and O–H groups in total. The quantitative estimate of drug-likeness (QED) is 0.212. The number of rotatable bonds is 12. The Balaban J connectivity index is 1.32. The topological polar surface area (TPSA) is 114 Å². The van der Waals surface area contributed by atoms with E-state index in [9.17, 15) is 4.79 Å². The van der Waals surface area contributed by atoms with Crippen molar-refractivity contribution in [2.24, 2.45) is 11.7 Å². The van der Waals surface area contributed by atoms with E-state index in [4.69, 9.17) is 20.6 Å². The van der Waals surface area contributed by atoms with Gasteiger partial charge in [-0.15, -0.1) is 0 Å². The number of aromatic nitrogens is 4. The number of fused-ring (bicyclic) bond motifs is 1. The lowest BCUT2D eigenvalue weighted by Gasteiger charge is -2.36. The molecule has 1 atom stereocenters. The van der Waals surface area contributed by atoms with E-state index in [-0.39, 0.29) is 24.0 Å². The van der Waals surface area contributed by atoms with Crippen LogP contribution in [0.1, 0.15) is 84.7 Å². The van der Waals surface area contributed by atoms with Gasteiger partial charge in [0.05, 0.1) is 11.4 Å². The molecule has 240 valence electrons. The Morgan fingerprint density at radius 3 is 2.39 bits per heavy atom. The fourth-order valence-electron chi connectivity index (χ4n) is 6.24. The molecular weight excluding hydrogens is 552 g/mol. The highest BCUT2D eigenvalue weighted by atomic mass is 16.5. The largest absolute Gasteiger partial charge is 0.461 e. The number of benzene rings is 1. The molecule has 1 aromatic carbocycles. The van der Waals surface area contributed by atoms with Gasteiger partial charge in [-0.3, -0.25) is 14.6 Å². The number of esters is 1. The molecule has 0 amide bonds. The van der Waals surface area contributed by atoms with Gasteiger partial charge in [-0.05, 0) is 57.4 Å². The summed E-state index contributed by atoms with van der Waals surface area (Å²) < 4.78 is 7.88. The molecular formula is C34H52N8O2. The first-order valence-corrected chi connectivity index (χ1v) is 16.7. The van der Waals surface area contributed by atoms with Crippen LogP contribution >= 0.6 is 0 Å². The van der Waals surface area contributed by atoms with Gasteiger partial charge >= 0.3 is 5.97 Å². The van der Waals surface area contributed by atoms with Crippen molar-refractivity contribution in [3.8, 4) is 11.3 Å². The third-order valence-corrected chi connectivity index (χ3v) is 9.30. The van der Waals surface area contributed by atoms with E-state index in [0.29, 0.717) is 12.0 Å². The average molecular weight is 605 g/mol. The number of nitrogens with zero attached hydrogens (tertiary/aromatic N) is 6. The second-order valence-electron chi connectivity index (χ2n) is 13.2. The van der Waals surface area contributed by atoms with Crippen LogP contribution < -0.4 is 11.1 Å². The van der Waals surface area contributed by atoms with Crippen LogP contribution in [0.5, 0.6) is 0 Å². The van der Waals surface area contributed by atoms with E-state index in [1.165, 1.54) is 5.56 Å². The molecule has 2 aromatic heterocycles. The van der Waals surface area contributed by atoms with Crippen LogP contribution in [0, 0.1) is 5.92 Å². The Bertz CT molecular complexity index is 1360. The van der Waals surface area contributed by atoms with E-state index in [2.05, 4.69) is 69.8 Å². The standard InChI is InChI=1S/C34H52N8O2/c1-6-7-16-36-34-37-21-29-31(26-10-8-25(9-11-26)22-40-17-19-41(20-18-40)24(4)5)39-42(32(29)38-34)27-12-14-28(15-13-27)44-33(43)30(35)23(2)3/h8-11,21,23-24,27-28,30H,6-7,12-20,22,35H2,1-5H3,(H,36,37,38)/t27-,28-,30-/m0/s1. The van der Waals surface area contributed by atoms with Crippen molar-refractivity contribution in [2.75, 3.05) is 38.0 Å². The number of ether oxygens (including phenoxy) is 1. The summed E-state index contributed by atoms with van der Waals surface area (Å²) in [5, 5.41) is 9.51. The molecule has 2 aliphatic rings. The molecule has 5 rings (SSSR count). The van der Waals surface area contributed by atoms with Crippen molar-refractivity contribution in [1.82, 2.24) is 29.5 Å². The Labute approximate surface area is 262 Å². The van der Waals surface area contributed by atoms with Crippen LogP contribution in [0.3, 0.4) is 0 Å². The zero-order valence-electron chi connectivity index (χ0n) is 27.3. The molecule has 1 aliphatic carbocycles. The molecule has 0 bridgehead atoms. The minimum absolute atomic E-state index is 0.0574. The van der Waals surface area contributed by atoms with Crippen LogP contribution in [-0.4, -0.2) is 86.4 Å². The Morgan fingerprint density at radius 1 is 1.05 bits per heavy atom. The van der Waals surface area contributed by atoms with Crippen LogP contribution in [0.2, 0.25) is 0 Å². The normalized spacial score (nSPS) is 20.8. The Kier molecular flexibility index (Phi) is 10.9. The molecule has 0 radical (unpaired) electrons. The lowest BCUT2D eigenvalue weighted by Crippen LogP contribution is -2.48. The fraction of sp³-hybridized carbons (Fsp3) is 0.647. The summed E-state index contributed by atoms with van der Waals surface area (Å²) in [5.74, 6) is 0.394. The summed E-state index contributed by atoms with van der Waals surface area (Å²) in [4.78, 5) is 27.2. The lowest BCUT2D eigenvalue weighted by molar-refractivity contribution is -0.153. The predicted molar refractivity (Wildman–Crippen MR) is 176 cm³/mol. The summed E-state index contributed by atoms with van der Waals surface area (Å²) in [6, 6.07) is 9.04. The number of hydrogen-bond acceptors (Lipinski definition) is 9. The highest BCUT2D eigenvalue weighted by Gasteiger charge is 2.30. The van der Waals surface area contributed by atoms with Gasteiger partial charge in [0.25, 0.3) is 0 Å². The van der Waals surface area contributed by atoms with Crippen molar-refractivity contribution >= 4 is 23.0 Å². The molecule has 0 spiro atoms. The van der Waals surface area contributed by atoms with Crippen molar-refractivity contribution in [1.29, 1.82) is 0 Å². The van der Waals surface area contributed by atoms with Crippen molar-refractivity contribution < 1.29 is 9.53 Å². The monoisotopic (exact) mass is 604 g/mol. The van der Waals surface area contributed by atoms with Crippen molar-refractivity contribution in [2.45, 2.75) is 104 Å². The fourth-order valence-corrected chi connectivity index (χ4v) is 6.24. The molecule has 10 heteroatoms. The van der Waals surface area contributed by atoms with Gasteiger partial charge in [0, 0.05) is 57.1 Å². The Morgan fingerprint density at radius 2 is 1.75 bits per heavy atom. The van der Waals surface area contributed by atoms with Gasteiger partial charge in [-0.2, -0.15) is 10.1 Å². The maximum absolute atomic E-state index is 12.5. The van der Waals surface area contributed by atoms with E-state index in [1.807, 2.05) is 20.0 Å². The second-order valence-corrected chi connectivity index (χ2v) is 13.2. The van der Waals surface area contributed by atoms with Gasteiger partial charge in [0.1, 0.15) is 17.8 Å². The average Bonchev–Trinajstić information content (AvgIpc) is 3.40. The third kappa shape index (κ3) is 7.76. The lowest BCUT2D eigenvalue weighted by atomic mass is 9.93. The SMILES string of the molecule is CCCCNc1ncc2c(-c3ccc(CN4CCN(C(C)C)CC4)cc3)nn([C@H]3CC[C@H](OC(=O)[C@@H](N)C(C)C)CC3)c2n1. The Hall–Kier alpha value is -3.08. The van der Waals surface area contributed by atoms with Crippen molar-refractivity contribution in [3.63, 3.8) is 0 Å². The molecule has 1 aliphatic heterocycles. The summed E-state index contributed by atoms with van der Waals surface area (Å²) >= 11 is 0. The minimum Gasteiger partial charge on any atom is -0.461 e. The number of anilines is 1. The summed E-state index contributed by atoms with van der Waals surface area (Å²) in [7, 11) is 0. The maximum atomic E-state index is 12.5. The molecule has 0 unspecified atom stereocenters. The molecule has 2 fully saturated rings. The number of nitrogens with two attached hydrogens (primary N) is 1. The zero-order chi connectivity index (χ0) is 31.2. The first kappa shape index (κ1) is 32.3. The molecule has 1 saturated heterocycles. The number of unbranched alkanes of at least 4 members (excludes halogenated alkanes) is 1. The number of hydrogen-bond donors (Lipinski definition) is 2. The molecule has 44 heavy (non-hydrogen) atoms. The van der Waals surface area contributed by atoms with Crippen LogP contribution in [0.4, 0.5) is 5.95 Å². The first-order chi connectivity index (χ1) is 21.2. The van der Waals surface area contributed by atoms with Crippen LogP contribution in [-0.2, 0) is 16.1 Å². The highest BCUT2D eigenvalue weighted by Crippen LogP contribution is 2.35. The van der Waals surface area contributed by atoms with Crippen LogP contribution in [0.25, 0.3) is 22.3 Å².